The van der Waals surface area contributed by atoms with E-state index in [1.54, 1.807) is 0 Å². The number of carboxylic acid groups (broad SMARTS) is 2. The van der Waals surface area contributed by atoms with Crippen molar-refractivity contribution in [1.82, 2.24) is 4.98 Å². The van der Waals surface area contributed by atoms with Crippen LogP contribution in [0, 0.1) is 0 Å². The Balaban J connectivity index is 1.78. The number of aliphatic imine (C=N–C) groups is 1. The number of rotatable bonds is 11. The fourth-order valence-electron chi connectivity index (χ4n) is 2.00. The van der Waals surface area contributed by atoms with E-state index in [4.69, 9.17) is 19.3 Å². The van der Waals surface area contributed by atoms with E-state index in [-0.39, 0.29) is 50.2 Å². The van der Waals surface area contributed by atoms with Crippen molar-refractivity contribution in [2.45, 2.75) is 12.5 Å². The highest BCUT2D eigenvalue weighted by Gasteiger charge is 2.39. The molecule has 1 unspecified atom stereocenters. The number of aromatic nitrogens is 1. The van der Waals surface area contributed by atoms with Gasteiger partial charge in [-0.25, -0.2) is 14.6 Å². The number of aromatic hydroxyl groups is 1. The highest BCUT2D eigenvalue weighted by molar-refractivity contribution is 8.14. The van der Waals surface area contributed by atoms with Crippen molar-refractivity contribution in [1.29, 1.82) is 0 Å². The van der Waals surface area contributed by atoms with Crippen LogP contribution in [-0.4, -0.2) is 81.6 Å². The molecule has 11 heteroatoms. The smallest absolute Gasteiger partial charge is 0.332 e. The van der Waals surface area contributed by atoms with Gasteiger partial charge in [0.25, 0.3) is 0 Å². The van der Waals surface area contributed by atoms with E-state index >= 15 is 0 Å². The SMILES string of the molecule is CC1(C(=O)O)CSC(c2ncc(OCCOCCOCC(=O)O)cc2O)=N1. The second kappa shape index (κ2) is 9.53. The predicted octanol–water partition coefficient (Wildman–Crippen LogP) is 0.621. The van der Waals surface area contributed by atoms with Crippen molar-refractivity contribution >= 4 is 28.7 Å². The topological polar surface area (TPSA) is 148 Å². The summed E-state index contributed by atoms with van der Waals surface area (Å²) in [7, 11) is 0. The van der Waals surface area contributed by atoms with E-state index in [9.17, 15) is 19.8 Å². The lowest BCUT2D eigenvalue weighted by Gasteiger charge is -2.11. The molecule has 3 N–H and O–H groups in total. The minimum absolute atomic E-state index is 0.156. The molecular weight excluding hydrogens is 380 g/mol. The number of carboxylic acids is 2. The summed E-state index contributed by atoms with van der Waals surface area (Å²) in [5.74, 6) is -1.63. The van der Waals surface area contributed by atoms with Crippen molar-refractivity contribution < 1.29 is 39.1 Å². The van der Waals surface area contributed by atoms with Crippen LogP contribution in [0.2, 0.25) is 0 Å². The minimum atomic E-state index is -1.23. The third-order valence-corrected chi connectivity index (χ3v) is 4.70. The molecule has 2 heterocycles. The van der Waals surface area contributed by atoms with Gasteiger partial charge in [0.05, 0.1) is 26.0 Å². The van der Waals surface area contributed by atoms with Crippen molar-refractivity contribution in [3.8, 4) is 11.5 Å². The van der Waals surface area contributed by atoms with Gasteiger partial charge in [0.2, 0.25) is 0 Å². The van der Waals surface area contributed by atoms with Gasteiger partial charge in [-0.3, -0.25) is 4.99 Å². The number of pyridine rings is 1. The van der Waals surface area contributed by atoms with Crippen LogP contribution in [0.4, 0.5) is 0 Å². The number of aliphatic carboxylic acids is 2. The molecule has 0 fully saturated rings. The van der Waals surface area contributed by atoms with E-state index in [0.717, 1.165) is 0 Å². The van der Waals surface area contributed by atoms with Gasteiger partial charge < -0.3 is 29.5 Å². The molecule has 0 spiro atoms. The van der Waals surface area contributed by atoms with Crippen molar-refractivity contribution in [3.63, 3.8) is 0 Å². The summed E-state index contributed by atoms with van der Waals surface area (Å²) in [6, 6.07) is 1.37. The Morgan fingerprint density at radius 3 is 2.56 bits per heavy atom. The van der Waals surface area contributed by atoms with Crippen LogP contribution in [0.3, 0.4) is 0 Å². The Bertz CT molecular complexity index is 726. The highest BCUT2D eigenvalue weighted by Crippen LogP contribution is 2.34. The van der Waals surface area contributed by atoms with Crippen LogP contribution in [0.1, 0.15) is 12.6 Å². The second-order valence-electron chi connectivity index (χ2n) is 5.73. The molecule has 1 aliphatic heterocycles. The molecule has 1 aliphatic rings. The lowest BCUT2D eigenvalue weighted by Crippen LogP contribution is -2.33. The lowest BCUT2D eigenvalue weighted by atomic mass is 10.1. The first-order valence-electron chi connectivity index (χ1n) is 7.97. The summed E-state index contributed by atoms with van der Waals surface area (Å²) in [5, 5.41) is 28.1. The van der Waals surface area contributed by atoms with Crippen LogP contribution < -0.4 is 4.74 Å². The van der Waals surface area contributed by atoms with Gasteiger partial charge in [0.1, 0.15) is 35.5 Å². The maximum atomic E-state index is 11.2. The minimum Gasteiger partial charge on any atom is -0.505 e. The zero-order valence-corrected chi connectivity index (χ0v) is 15.4. The van der Waals surface area contributed by atoms with Crippen LogP contribution in [0.25, 0.3) is 0 Å². The molecule has 0 aliphatic carbocycles. The van der Waals surface area contributed by atoms with E-state index in [1.165, 1.54) is 30.9 Å². The number of thioether (sulfide) groups is 1. The molecule has 10 nitrogen and oxygen atoms in total. The molecule has 0 saturated carbocycles. The first-order valence-corrected chi connectivity index (χ1v) is 8.96. The molecule has 27 heavy (non-hydrogen) atoms. The maximum absolute atomic E-state index is 11.2. The third kappa shape index (κ3) is 6.08. The van der Waals surface area contributed by atoms with E-state index < -0.39 is 17.5 Å². The molecule has 1 atom stereocenters. The Morgan fingerprint density at radius 1 is 1.22 bits per heavy atom. The largest absolute Gasteiger partial charge is 0.505 e. The molecule has 1 aromatic rings. The molecule has 0 radical (unpaired) electrons. The average molecular weight is 400 g/mol. The predicted molar refractivity (Wildman–Crippen MR) is 95.7 cm³/mol. The van der Waals surface area contributed by atoms with Gasteiger partial charge >= 0.3 is 11.9 Å². The summed E-state index contributed by atoms with van der Waals surface area (Å²) in [6.45, 7) is 1.99. The fraction of sp³-hybridized carbons (Fsp3) is 0.500. The van der Waals surface area contributed by atoms with Crippen LogP contribution >= 0.6 is 11.8 Å². The number of nitrogens with zero attached hydrogens (tertiary/aromatic N) is 2. The molecule has 148 valence electrons. The first kappa shape index (κ1) is 20.9. The molecule has 0 saturated heterocycles. The monoisotopic (exact) mass is 400 g/mol. The normalized spacial score (nSPS) is 18.9. The van der Waals surface area contributed by atoms with E-state index in [0.29, 0.717) is 10.8 Å². The highest BCUT2D eigenvalue weighted by atomic mass is 32.2. The lowest BCUT2D eigenvalue weighted by molar-refractivity contribution is -0.143. The molecule has 0 bridgehead atoms. The molecule has 2 rings (SSSR count). The summed E-state index contributed by atoms with van der Waals surface area (Å²) in [6.07, 6.45) is 1.41. The van der Waals surface area contributed by atoms with Crippen molar-refractivity contribution in [2.75, 3.05) is 38.8 Å². The average Bonchev–Trinajstić information content (AvgIpc) is 3.00. The second-order valence-corrected chi connectivity index (χ2v) is 6.69. The summed E-state index contributed by atoms with van der Waals surface area (Å²) in [5.41, 5.74) is -1.02. The van der Waals surface area contributed by atoms with Crippen LogP contribution in [0.5, 0.6) is 11.5 Å². The summed E-state index contributed by atoms with van der Waals surface area (Å²) < 4.78 is 15.4. The van der Waals surface area contributed by atoms with Gasteiger partial charge in [0, 0.05) is 11.8 Å². The quantitative estimate of drug-likeness (QED) is 0.451. The molecule has 0 amide bonds. The molecule has 1 aromatic heterocycles. The zero-order chi connectivity index (χ0) is 19.9. The maximum Gasteiger partial charge on any atom is 0.332 e. The summed E-state index contributed by atoms with van der Waals surface area (Å²) in [4.78, 5) is 29.7. The Labute approximate surface area is 159 Å². The van der Waals surface area contributed by atoms with Crippen molar-refractivity contribution in [2.24, 2.45) is 4.99 Å². The van der Waals surface area contributed by atoms with Crippen LogP contribution in [0.15, 0.2) is 17.3 Å². The van der Waals surface area contributed by atoms with Gasteiger partial charge in [-0.15, -0.1) is 11.8 Å². The zero-order valence-electron chi connectivity index (χ0n) is 14.6. The standard InChI is InChI=1S/C16H20N2O8S/c1-16(15(22)23)9-27-14(18-16)13-11(19)6-10(7-17-13)26-5-4-24-2-3-25-8-12(20)21/h6-7,19H,2-5,8-9H2,1H3,(H,20,21)(H,22,23). The first-order chi connectivity index (χ1) is 12.8. The van der Waals surface area contributed by atoms with Gasteiger partial charge in [0.15, 0.2) is 5.54 Å². The van der Waals surface area contributed by atoms with E-state index in [1.807, 2.05) is 0 Å². The Kier molecular flexibility index (Phi) is 7.39. The molecule has 0 aromatic carbocycles. The van der Waals surface area contributed by atoms with E-state index in [2.05, 4.69) is 9.98 Å². The van der Waals surface area contributed by atoms with Gasteiger partial charge in [-0.1, -0.05) is 0 Å². The number of hydrogen-bond acceptors (Lipinski definition) is 9. The fourth-order valence-corrected chi connectivity index (χ4v) is 3.17. The number of carbonyl (C=O) groups is 2. The van der Waals surface area contributed by atoms with Crippen LogP contribution in [-0.2, 0) is 19.1 Å². The number of hydrogen-bond donors (Lipinski definition) is 3. The third-order valence-electron chi connectivity index (χ3n) is 3.44. The van der Waals surface area contributed by atoms with Gasteiger partial charge in [-0.2, -0.15) is 0 Å². The van der Waals surface area contributed by atoms with Gasteiger partial charge in [-0.05, 0) is 6.92 Å². The Hall–Kier alpha value is -2.37. The van der Waals surface area contributed by atoms with Crippen molar-refractivity contribution in [3.05, 3.63) is 18.0 Å². The Morgan fingerprint density at radius 2 is 1.93 bits per heavy atom. The molecular formula is C16H20N2O8S. The number of ether oxygens (including phenoxy) is 3. The summed E-state index contributed by atoms with van der Waals surface area (Å²) >= 11 is 1.22.